The van der Waals surface area contributed by atoms with Gasteiger partial charge < -0.3 is 15.0 Å². The minimum atomic E-state index is 0.0443. The molecule has 0 radical (unpaired) electrons. The molecule has 5 nitrogen and oxygen atoms in total. The molecule has 1 heterocycles. The number of likely N-dealkylation sites (N-methyl/N-ethyl adjacent to an activating group) is 1. The molecule has 0 aromatic carbocycles. The van der Waals surface area contributed by atoms with Gasteiger partial charge in [-0.3, -0.25) is 4.79 Å². The van der Waals surface area contributed by atoms with E-state index in [2.05, 4.69) is 10.3 Å². The van der Waals surface area contributed by atoms with Crippen molar-refractivity contribution in [2.75, 3.05) is 27.7 Å². The fraction of sp³-hybridized carbons (Fsp3) is 0.455. The maximum Gasteiger partial charge on any atom is 0.236 e. The van der Waals surface area contributed by atoms with Crippen molar-refractivity contribution in [3.63, 3.8) is 0 Å². The average molecular weight is 223 g/mol. The van der Waals surface area contributed by atoms with Crippen LogP contribution in [0.2, 0.25) is 0 Å². The third-order valence-electron chi connectivity index (χ3n) is 2.13. The number of carbonyl (C=O) groups excluding carboxylic acids is 1. The molecular weight excluding hydrogens is 206 g/mol. The number of amides is 1. The first-order valence-electron chi connectivity index (χ1n) is 5.04. The van der Waals surface area contributed by atoms with Crippen LogP contribution in [0.1, 0.15) is 5.56 Å². The first-order chi connectivity index (χ1) is 7.65. The van der Waals surface area contributed by atoms with Crippen molar-refractivity contribution in [3.05, 3.63) is 23.9 Å². The van der Waals surface area contributed by atoms with Crippen LogP contribution in [-0.4, -0.2) is 43.5 Å². The largest absolute Gasteiger partial charge is 0.481 e. The molecule has 1 amide bonds. The lowest BCUT2D eigenvalue weighted by molar-refractivity contribution is -0.127. The minimum absolute atomic E-state index is 0.0443. The Morgan fingerprint density at radius 1 is 1.56 bits per heavy atom. The van der Waals surface area contributed by atoms with E-state index in [0.717, 1.165) is 5.56 Å². The van der Waals surface area contributed by atoms with Crippen molar-refractivity contribution in [2.45, 2.75) is 6.54 Å². The van der Waals surface area contributed by atoms with Crippen molar-refractivity contribution in [2.24, 2.45) is 0 Å². The molecule has 0 aliphatic rings. The normalized spacial score (nSPS) is 9.94. The highest BCUT2D eigenvalue weighted by Gasteiger charge is 2.05. The lowest BCUT2D eigenvalue weighted by atomic mass is 10.2. The van der Waals surface area contributed by atoms with E-state index in [0.29, 0.717) is 19.0 Å². The number of aromatic nitrogens is 1. The molecule has 1 aromatic heterocycles. The summed E-state index contributed by atoms with van der Waals surface area (Å²) in [6.45, 7) is 0.877. The van der Waals surface area contributed by atoms with Crippen molar-refractivity contribution in [1.29, 1.82) is 0 Å². The molecular formula is C11H17N3O2. The highest BCUT2D eigenvalue weighted by molar-refractivity contribution is 5.77. The van der Waals surface area contributed by atoms with Crippen molar-refractivity contribution >= 4 is 5.91 Å². The summed E-state index contributed by atoms with van der Waals surface area (Å²) >= 11 is 0. The van der Waals surface area contributed by atoms with Crippen LogP contribution in [0.4, 0.5) is 0 Å². The highest BCUT2D eigenvalue weighted by atomic mass is 16.5. The first-order valence-corrected chi connectivity index (χ1v) is 5.04. The second-order valence-corrected chi connectivity index (χ2v) is 3.56. The van der Waals surface area contributed by atoms with Gasteiger partial charge in [-0.05, 0) is 6.07 Å². The molecule has 0 bridgehead atoms. The summed E-state index contributed by atoms with van der Waals surface area (Å²) in [6.07, 6.45) is 1.67. The molecule has 0 atom stereocenters. The monoisotopic (exact) mass is 223 g/mol. The van der Waals surface area contributed by atoms with Crippen molar-refractivity contribution < 1.29 is 9.53 Å². The summed E-state index contributed by atoms with van der Waals surface area (Å²) in [7, 11) is 5.04. The Morgan fingerprint density at radius 2 is 2.31 bits per heavy atom. The smallest absolute Gasteiger partial charge is 0.236 e. The van der Waals surface area contributed by atoms with Crippen molar-refractivity contribution in [1.82, 2.24) is 15.2 Å². The van der Waals surface area contributed by atoms with Gasteiger partial charge >= 0.3 is 0 Å². The van der Waals surface area contributed by atoms with Gasteiger partial charge in [-0.25, -0.2) is 4.98 Å². The molecule has 0 aliphatic carbocycles. The SMILES string of the molecule is COc1ncccc1CNCC(=O)N(C)C. The summed E-state index contributed by atoms with van der Waals surface area (Å²) in [5.41, 5.74) is 0.941. The Bertz CT molecular complexity index is 353. The second-order valence-electron chi connectivity index (χ2n) is 3.56. The Morgan fingerprint density at radius 3 is 2.94 bits per heavy atom. The van der Waals surface area contributed by atoms with Gasteiger partial charge in [0.05, 0.1) is 13.7 Å². The van der Waals surface area contributed by atoms with E-state index in [-0.39, 0.29) is 5.91 Å². The van der Waals surface area contributed by atoms with Crippen LogP contribution < -0.4 is 10.1 Å². The molecule has 1 N–H and O–H groups in total. The zero-order valence-electron chi connectivity index (χ0n) is 9.86. The predicted octanol–water partition coefficient (Wildman–Crippen LogP) is 0.268. The van der Waals surface area contributed by atoms with E-state index >= 15 is 0 Å². The third kappa shape index (κ3) is 3.51. The summed E-state index contributed by atoms with van der Waals surface area (Å²) in [5.74, 6) is 0.634. The highest BCUT2D eigenvalue weighted by Crippen LogP contribution is 2.12. The van der Waals surface area contributed by atoms with E-state index in [1.807, 2.05) is 12.1 Å². The predicted molar refractivity (Wildman–Crippen MR) is 61.2 cm³/mol. The van der Waals surface area contributed by atoms with Crippen LogP contribution in [0.15, 0.2) is 18.3 Å². The molecule has 16 heavy (non-hydrogen) atoms. The molecule has 0 saturated heterocycles. The van der Waals surface area contributed by atoms with Gasteiger partial charge in [0.1, 0.15) is 0 Å². The molecule has 5 heteroatoms. The topological polar surface area (TPSA) is 54.5 Å². The number of nitrogens with one attached hydrogen (secondary N) is 1. The number of methoxy groups -OCH3 is 1. The Labute approximate surface area is 95.4 Å². The van der Waals surface area contributed by atoms with Gasteiger partial charge in [0.25, 0.3) is 0 Å². The maximum absolute atomic E-state index is 11.3. The zero-order valence-corrected chi connectivity index (χ0v) is 9.86. The van der Waals surface area contributed by atoms with E-state index in [1.165, 1.54) is 0 Å². The number of rotatable bonds is 5. The first kappa shape index (κ1) is 12.4. The Kier molecular flexibility index (Phi) is 4.72. The zero-order chi connectivity index (χ0) is 12.0. The number of nitrogens with zero attached hydrogens (tertiary/aromatic N) is 2. The number of carbonyl (C=O) groups is 1. The molecule has 1 aromatic rings. The second kappa shape index (κ2) is 6.07. The fourth-order valence-electron chi connectivity index (χ4n) is 1.20. The molecule has 0 saturated carbocycles. The molecule has 1 rings (SSSR count). The number of ether oxygens (including phenoxy) is 1. The van der Waals surface area contributed by atoms with Crippen LogP contribution in [0.25, 0.3) is 0 Å². The van der Waals surface area contributed by atoms with E-state index in [1.54, 1.807) is 32.3 Å². The molecule has 0 spiro atoms. The lowest BCUT2D eigenvalue weighted by Crippen LogP contribution is -2.32. The van der Waals surface area contributed by atoms with Gasteiger partial charge in [0.2, 0.25) is 11.8 Å². The van der Waals surface area contributed by atoms with Gasteiger partial charge in [-0.2, -0.15) is 0 Å². The van der Waals surface area contributed by atoms with Crippen molar-refractivity contribution in [3.8, 4) is 5.88 Å². The minimum Gasteiger partial charge on any atom is -0.481 e. The van der Waals surface area contributed by atoms with E-state index < -0.39 is 0 Å². The van der Waals surface area contributed by atoms with Gasteiger partial charge in [-0.15, -0.1) is 0 Å². The van der Waals surface area contributed by atoms with Crippen LogP contribution in [0, 0.1) is 0 Å². The summed E-state index contributed by atoms with van der Waals surface area (Å²) in [6, 6.07) is 3.76. The number of pyridine rings is 1. The molecule has 0 aliphatic heterocycles. The van der Waals surface area contributed by atoms with Crippen LogP contribution in [0.3, 0.4) is 0 Å². The van der Waals surface area contributed by atoms with Crippen LogP contribution in [-0.2, 0) is 11.3 Å². The maximum atomic E-state index is 11.3. The number of hydrogen-bond donors (Lipinski definition) is 1. The summed E-state index contributed by atoms with van der Waals surface area (Å²) in [4.78, 5) is 16.9. The molecule has 0 fully saturated rings. The Balaban J connectivity index is 2.45. The third-order valence-corrected chi connectivity index (χ3v) is 2.13. The van der Waals surface area contributed by atoms with Gasteiger partial charge in [0.15, 0.2) is 0 Å². The average Bonchev–Trinajstić information content (AvgIpc) is 2.29. The number of hydrogen-bond acceptors (Lipinski definition) is 4. The Hall–Kier alpha value is -1.62. The summed E-state index contributed by atoms with van der Waals surface area (Å²) in [5, 5.41) is 3.05. The van der Waals surface area contributed by atoms with E-state index in [9.17, 15) is 4.79 Å². The van der Waals surface area contributed by atoms with E-state index in [4.69, 9.17) is 4.74 Å². The summed E-state index contributed by atoms with van der Waals surface area (Å²) < 4.78 is 5.10. The van der Waals surface area contributed by atoms with Gasteiger partial charge in [0, 0.05) is 32.4 Å². The fourth-order valence-corrected chi connectivity index (χ4v) is 1.20. The molecule has 0 unspecified atom stereocenters. The quantitative estimate of drug-likeness (QED) is 0.778. The van der Waals surface area contributed by atoms with Gasteiger partial charge in [-0.1, -0.05) is 6.07 Å². The lowest BCUT2D eigenvalue weighted by Gasteiger charge is -2.11. The van der Waals surface area contributed by atoms with Crippen LogP contribution in [0.5, 0.6) is 5.88 Å². The molecule has 88 valence electrons. The van der Waals surface area contributed by atoms with Crippen LogP contribution >= 0.6 is 0 Å². The standard InChI is InChI=1S/C11H17N3O2/c1-14(2)10(15)8-12-7-9-5-4-6-13-11(9)16-3/h4-6,12H,7-8H2,1-3H3.